The molecule has 4 rings (SSSR count). The van der Waals surface area contributed by atoms with Gasteiger partial charge in [0.1, 0.15) is 10.1 Å². The molecule has 7 nitrogen and oxygen atoms in total. The van der Waals surface area contributed by atoms with Crippen molar-refractivity contribution in [1.82, 2.24) is 19.8 Å². The summed E-state index contributed by atoms with van der Waals surface area (Å²) in [5, 5.41) is 12.7. The number of likely N-dealkylation sites (tertiary alicyclic amines) is 1. The Hall–Kier alpha value is -2.20. The van der Waals surface area contributed by atoms with Crippen molar-refractivity contribution in [2.45, 2.75) is 36.1 Å². The summed E-state index contributed by atoms with van der Waals surface area (Å²) in [4.78, 5) is 25.3. The predicted molar refractivity (Wildman–Crippen MR) is 147 cm³/mol. The number of carbonyl (C=O) groups is 1. The third-order valence-electron chi connectivity index (χ3n) is 7.23. The van der Waals surface area contributed by atoms with Crippen molar-refractivity contribution < 1.29 is 14.6 Å². The molecule has 0 aliphatic carbocycles. The first kappa shape index (κ1) is 26.9. The Balaban J connectivity index is 1.42. The highest BCUT2D eigenvalue weighted by molar-refractivity contribution is 8.01. The van der Waals surface area contributed by atoms with Gasteiger partial charge in [-0.05, 0) is 81.6 Å². The normalized spacial score (nSPS) is 19.6. The van der Waals surface area contributed by atoms with Gasteiger partial charge in [0.15, 0.2) is 0 Å². The predicted octanol–water partition coefficient (Wildman–Crippen LogP) is 5.29. The van der Waals surface area contributed by atoms with Crippen LogP contribution in [0.15, 0.2) is 46.4 Å². The van der Waals surface area contributed by atoms with Crippen LogP contribution in [0.5, 0.6) is 5.75 Å². The van der Waals surface area contributed by atoms with Crippen LogP contribution >= 0.6 is 23.1 Å². The molecule has 1 N–H and O–H groups in total. The minimum atomic E-state index is -0.694. The summed E-state index contributed by atoms with van der Waals surface area (Å²) in [5.41, 5.74) is 2.21. The molecular formula is C27H36N4O3S2. The SMILES string of the molecule is COc1ccc2nccc([C@@H](CC[C@@H]3CCN(CCSc4nccs4)C[C@@H]3CC(=O)O)N(C)C)c2c1. The largest absolute Gasteiger partial charge is 0.497 e. The van der Waals surface area contributed by atoms with E-state index in [1.165, 1.54) is 5.56 Å². The fourth-order valence-electron chi connectivity index (χ4n) is 5.37. The van der Waals surface area contributed by atoms with Gasteiger partial charge in [-0.15, -0.1) is 11.3 Å². The number of nitrogens with zero attached hydrogens (tertiary/aromatic N) is 4. The number of piperidine rings is 1. The summed E-state index contributed by atoms with van der Waals surface area (Å²) >= 11 is 3.46. The first-order valence-electron chi connectivity index (χ1n) is 12.5. The summed E-state index contributed by atoms with van der Waals surface area (Å²) in [7, 11) is 5.93. The summed E-state index contributed by atoms with van der Waals surface area (Å²) in [6, 6.07) is 8.37. The average molecular weight is 529 g/mol. The zero-order valence-corrected chi connectivity index (χ0v) is 22.9. The molecular weight excluding hydrogens is 492 g/mol. The number of thioether (sulfide) groups is 1. The quantitative estimate of drug-likeness (QED) is 0.318. The Bertz CT molecular complexity index is 1130. The van der Waals surface area contributed by atoms with Gasteiger partial charge in [0, 0.05) is 54.5 Å². The lowest BCUT2D eigenvalue weighted by Gasteiger charge is -2.39. The zero-order chi connectivity index (χ0) is 25.5. The average Bonchev–Trinajstić information content (AvgIpc) is 3.38. The molecule has 1 saturated heterocycles. The molecule has 0 amide bonds. The number of rotatable bonds is 12. The molecule has 0 radical (unpaired) electrons. The monoisotopic (exact) mass is 528 g/mol. The minimum Gasteiger partial charge on any atom is -0.497 e. The van der Waals surface area contributed by atoms with E-state index >= 15 is 0 Å². The highest BCUT2D eigenvalue weighted by atomic mass is 32.2. The van der Waals surface area contributed by atoms with Crippen molar-refractivity contribution in [3.05, 3.63) is 47.6 Å². The van der Waals surface area contributed by atoms with Crippen LogP contribution in [0.1, 0.15) is 37.3 Å². The fourth-order valence-corrected chi connectivity index (χ4v) is 7.07. The molecule has 2 aromatic heterocycles. The number of hydrogen-bond acceptors (Lipinski definition) is 8. The standard InChI is InChI=1S/C27H36N4O3S2/c1-30(2)25(22-8-10-28-24-6-5-21(34-3)17-23(22)24)7-4-19-9-12-31(18-20(19)16-26(32)33)13-15-36-27-29-11-14-35-27/h5-6,8,10-11,14,17,19-20,25H,4,7,9,12-13,15-16,18H2,1-3H3,(H,32,33)/t19-,20+,25-/m1/s1. The smallest absolute Gasteiger partial charge is 0.303 e. The summed E-state index contributed by atoms with van der Waals surface area (Å²) in [6.45, 7) is 2.86. The molecule has 3 atom stereocenters. The third-order valence-corrected chi connectivity index (χ3v) is 9.18. The Morgan fingerprint density at radius 1 is 1.28 bits per heavy atom. The van der Waals surface area contributed by atoms with Crippen molar-refractivity contribution in [3.63, 3.8) is 0 Å². The Morgan fingerprint density at radius 3 is 2.86 bits per heavy atom. The van der Waals surface area contributed by atoms with Gasteiger partial charge in [-0.2, -0.15) is 0 Å². The van der Waals surface area contributed by atoms with Crippen molar-refractivity contribution >= 4 is 40.0 Å². The van der Waals surface area contributed by atoms with Crippen LogP contribution in [-0.2, 0) is 4.79 Å². The van der Waals surface area contributed by atoms with E-state index in [1.807, 2.05) is 29.9 Å². The Kier molecular flexibility index (Phi) is 9.59. The van der Waals surface area contributed by atoms with Crippen molar-refractivity contribution in [3.8, 4) is 5.75 Å². The maximum Gasteiger partial charge on any atom is 0.303 e. The number of benzene rings is 1. The zero-order valence-electron chi connectivity index (χ0n) is 21.3. The molecule has 0 bridgehead atoms. The molecule has 1 aliphatic rings. The van der Waals surface area contributed by atoms with Gasteiger partial charge < -0.3 is 19.6 Å². The second kappa shape index (κ2) is 12.9. The number of ether oxygens (including phenoxy) is 1. The minimum absolute atomic E-state index is 0.179. The lowest BCUT2D eigenvalue weighted by atomic mass is 9.79. The molecule has 9 heteroatoms. The first-order chi connectivity index (χ1) is 17.4. The summed E-state index contributed by atoms with van der Waals surface area (Å²) < 4.78 is 6.58. The number of fused-ring (bicyclic) bond motifs is 1. The van der Waals surface area contributed by atoms with Crippen LogP contribution in [0.4, 0.5) is 0 Å². The molecule has 0 unspecified atom stereocenters. The number of pyridine rings is 1. The van der Waals surface area contributed by atoms with Gasteiger partial charge in [-0.1, -0.05) is 11.8 Å². The topological polar surface area (TPSA) is 78.8 Å². The van der Waals surface area contributed by atoms with Crippen LogP contribution in [0.25, 0.3) is 10.9 Å². The van der Waals surface area contributed by atoms with E-state index in [0.717, 1.165) is 65.6 Å². The fraction of sp³-hybridized carbons (Fsp3) is 0.519. The number of aromatic nitrogens is 2. The van der Waals surface area contributed by atoms with E-state index < -0.39 is 5.97 Å². The van der Waals surface area contributed by atoms with Gasteiger partial charge in [0.25, 0.3) is 0 Å². The van der Waals surface area contributed by atoms with E-state index in [9.17, 15) is 9.90 Å². The summed E-state index contributed by atoms with van der Waals surface area (Å²) in [5.74, 6) is 1.71. The third kappa shape index (κ3) is 6.97. The molecule has 0 spiro atoms. The molecule has 1 aliphatic heterocycles. The highest BCUT2D eigenvalue weighted by Crippen LogP contribution is 2.36. The second-order valence-electron chi connectivity index (χ2n) is 9.69. The van der Waals surface area contributed by atoms with Gasteiger partial charge in [0.05, 0.1) is 12.6 Å². The number of carboxylic acids is 1. The number of thiazole rings is 1. The number of hydrogen-bond donors (Lipinski definition) is 1. The maximum absolute atomic E-state index is 11.7. The van der Waals surface area contributed by atoms with Gasteiger partial charge >= 0.3 is 5.97 Å². The van der Waals surface area contributed by atoms with Gasteiger partial charge in [-0.25, -0.2) is 4.98 Å². The summed E-state index contributed by atoms with van der Waals surface area (Å²) in [6.07, 6.45) is 7.00. The van der Waals surface area contributed by atoms with Crippen LogP contribution < -0.4 is 4.74 Å². The molecule has 0 saturated carbocycles. The van der Waals surface area contributed by atoms with Crippen molar-refractivity contribution in [1.29, 1.82) is 0 Å². The lowest BCUT2D eigenvalue weighted by Crippen LogP contribution is -2.42. The van der Waals surface area contributed by atoms with Crippen molar-refractivity contribution in [2.24, 2.45) is 11.8 Å². The van der Waals surface area contributed by atoms with Crippen LogP contribution in [0.3, 0.4) is 0 Å². The second-order valence-corrected chi connectivity index (χ2v) is 11.9. The molecule has 1 fully saturated rings. The molecule has 36 heavy (non-hydrogen) atoms. The first-order valence-corrected chi connectivity index (χ1v) is 14.4. The molecule has 3 aromatic rings. The molecule has 3 heterocycles. The van der Waals surface area contributed by atoms with Crippen LogP contribution in [-0.4, -0.2) is 77.4 Å². The number of aliphatic carboxylic acids is 1. The van der Waals surface area contributed by atoms with E-state index in [-0.39, 0.29) is 18.4 Å². The van der Waals surface area contributed by atoms with E-state index in [0.29, 0.717) is 5.92 Å². The van der Waals surface area contributed by atoms with Crippen LogP contribution in [0, 0.1) is 11.8 Å². The lowest BCUT2D eigenvalue weighted by molar-refractivity contribution is -0.139. The van der Waals surface area contributed by atoms with Gasteiger partial charge in [0.2, 0.25) is 0 Å². The number of methoxy groups -OCH3 is 1. The van der Waals surface area contributed by atoms with E-state index in [1.54, 1.807) is 30.2 Å². The van der Waals surface area contributed by atoms with Crippen molar-refractivity contribution in [2.75, 3.05) is 46.6 Å². The molecule has 194 valence electrons. The van der Waals surface area contributed by atoms with E-state index in [4.69, 9.17) is 4.74 Å². The maximum atomic E-state index is 11.7. The Morgan fingerprint density at radius 2 is 2.14 bits per heavy atom. The Labute approximate surface area is 221 Å². The van der Waals surface area contributed by atoms with Crippen LogP contribution in [0.2, 0.25) is 0 Å². The highest BCUT2D eigenvalue weighted by Gasteiger charge is 2.31. The van der Waals surface area contributed by atoms with Gasteiger partial charge in [-0.3, -0.25) is 9.78 Å². The van der Waals surface area contributed by atoms with E-state index in [2.05, 4.69) is 46.0 Å². The number of carboxylic acid groups (broad SMARTS) is 1. The molecule has 1 aromatic carbocycles.